The van der Waals surface area contributed by atoms with Gasteiger partial charge in [-0.15, -0.1) is 0 Å². The Bertz CT molecular complexity index is 453. The number of rotatable bonds is 6. The lowest BCUT2D eigenvalue weighted by atomic mass is 9.93. The van der Waals surface area contributed by atoms with Gasteiger partial charge in [0.2, 0.25) is 0 Å². The maximum atomic E-state index is 4.08. The van der Waals surface area contributed by atoms with Gasteiger partial charge < -0.3 is 5.32 Å². The first-order chi connectivity index (χ1) is 9.85. The molecule has 0 aliphatic carbocycles. The van der Waals surface area contributed by atoms with Gasteiger partial charge in [-0.2, -0.15) is 0 Å². The lowest BCUT2D eigenvalue weighted by molar-refractivity contribution is 0.834. The first-order valence-corrected chi connectivity index (χ1v) is 15.9. The fourth-order valence-corrected chi connectivity index (χ4v) is 15.1. The summed E-state index contributed by atoms with van der Waals surface area (Å²) >= 11 is 0. The number of para-hydroxylation sites is 1. The summed E-state index contributed by atoms with van der Waals surface area (Å²) in [4.78, 5) is 0. The standard InChI is InChI=1S/C19H37NSi2/c1-14(2)16-12-11-13-17(15(3)4)18(16)20-19(21(5,6)7)22(8,9)10/h11-15,19-20H,1-10H3. The van der Waals surface area contributed by atoms with Gasteiger partial charge in [-0.1, -0.05) is 85.2 Å². The normalized spacial score (nSPS) is 13.3. The Morgan fingerprint density at radius 1 is 0.727 bits per heavy atom. The van der Waals surface area contributed by atoms with E-state index in [-0.39, 0.29) is 0 Å². The molecule has 126 valence electrons. The summed E-state index contributed by atoms with van der Waals surface area (Å²) in [5.74, 6) is 1.12. The summed E-state index contributed by atoms with van der Waals surface area (Å²) in [7, 11) is -2.54. The summed E-state index contributed by atoms with van der Waals surface area (Å²) in [6.45, 7) is 24.3. The van der Waals surface area contributed by atoms with E-state index in [1.54, 1.807) is 0 Å². The smallest absolute Gasteiger partial charge is 0.0663 e. The Hall–Kier alpha value is -0.546. The fraction of sp³-hybridized carbons (Fsp3) is 0.684. The molecule has 0 heterocycles. The van der Waals surface area contributed by atoms with Crippen molar-refractivity contribution < 1.29 is 0 Å². The van der Waals surface area contributed by atoms with Crippen molar-refractivity contribution in [3.8, 4) is 0 Å². The molecule has 22 heavy (non-hydrogen) atoms. The largest absolute Gasteiger partial charge is 0.387 e. The minimum Gasteiger partial charge on any atom is -0.387 e. The van der Waals surface area contributed by atoms with Crippen LogP contribution in [0, 0.1) is 0 Å². The monoisotopic (exact) mass is 335 g/mol. The van der Waals surface area contributed by atoms with Crippen molar-refractivity contribution in [1.82, 2.24) is 0 Å². The maximum absolute atomic E-state index is 4.08. The van der Waals surface area contributed by atoms with Crippen LogP contribution in [0.1, 0.15) is 50.7 Å². The van der Waals surface area contributed by atoms with Gasteiger partial charge >= 0.3 is 0 Å². The van der Waals surface area contributed by atoms with E-state index < -0.39 is 16.1 Å². The lowest BCUT2D eigenvalue weighted by Gasteiger charge is -2.41. The van der Waals surface area contributed by atoms with Crippen LogP contribution in [0.2, 0.25) is 39.3 Å². The van der Waals surface area contributed by atoms with E-state index in [2.05, 4.69) is 90.5 Å². The molecular formula is C19H37NSi2. The highest BCUT2D eigenvalue weighted by Crippen LogP contribution is 2.35. The zero-order chi connectivity index (χ0) is 17.3. The highest BCUT2D eigenvalue weighted by molar-refractivity contribution is 6.97. The van der Waals surface area contributed by atoms with Gasteiger partial charge in [-0.3, -0.25) is 0 Å². The molecule has 1 N–H and O–H groups in total. The van der Waals surface area contributed by atoms with Gasteiger partial charge in [0.15, 0.2) is 0 Å². The summed E-state index contributed by atoms with van der Waals surface area (Å²) < 4.78 is 0. The molecule has 1 nitrogen and oxygen atoms in total. The van der Waals surface area contributed by atoms with Crippen LogP contribution in [-0.2, 0) is 0 Å². The highest BCUT2D eigenvalue weighted by atomic mass is 28.4. The second-order valence-electron chi connectivity index (χ2n) is 9.43. The van der Waals surface area contributed by atoms with Crippen LogP contribution in [-0.4, -0.2) is 21.4 Å². The number of anilines is 1. The predicted molar refractivity (Wildman–Crippen MR) is 109 cm³/mol. The Morgan fingerprint density at radius 3 is 1.36 bits per heavy atom. The minimum absolute atomic E-state index is 0.560. The molecule has 0 saturated carbocycles. The Morgan fingerprint density at radius 2 is 1.09 bits per heavy atom. The van der Waals surface area contributed by atoms with E-state index >= 15 is 0 Å². The van der Waals surface area contributed by atoms with Crippen molar-refractivity contribution in [2.75, 3.05) is 5.32 Å². The zero-order valence-corrected chi connectivity index (χ0v) is 18.5. The summed E-state index contributed by atoms with van der Waals surface area (Å²) in [6, 6.07) is 6.85. The SMILES string of the molecule is CC(C)c1cccc(C(C)C)c1NC([Si](C)(C)C)[Si](C)(C)C. The molecule has 0 aromatic heterocycles. The summed E-state index contributed by atoms with van der Waals surface area (Å²) in [5.41, 5.74) is 4.39. The van der Waals surface area contributed by atoms with E-state index in [1.165, 1.54) is 16.8 Å². The molecule has 0 saturated heterocycles. The van der Waals surface area contributed by atoms with E-state index in [1.807, 2.05) is 0 Å². The average Bonchev–Trinajstić information content (AvgIpc) is 2.32. The third-order valence-corrected chi connectivity index (χ3v) is 13.3. The molecule has 0 atom stereocenters. The van der Waals surface area contributed by atoms with Gasteiger partial charge in [-0.25, -0.2) is 0 Å². The van der Waals surface area contributed by atoms with Crippen LogP contribution < -0.4 is 5.32 Å². The van der Waals surface area contributed by atoms with Crippen LogP contribution in [0.4, 0.5) is 5.69 Å². The van der Waals surface area contributed by atoms with Crippen molar-refractivity contribution >= 4 is 21.8 Å². The number of hydrogen-bond donors (Lipinski definition) is 1. The molecule has 0 aliphatic heterocycles. The molecule has 0 spiro atoms. The topological polar surface area (TPSA) is 12.0 Å². The van der Waals surface area contributed by atoms with E-state index in [4.69, 9.17) is 0 Å². The van der Waals surface area contributed by atoms with Gasteiger partial charge in [0, 0.05) is 11.0 Å². The van der Waals surface area contributed by atoms with Crippen molar-refractivity contribution in [3.05, 3.63) is 29.3 Å². The molecule has 1 aromatic rings. The zero-order valence-electron chi connectivity index (χ0n) is 16.5. The Labute approximate surface area is 140 Å². The van der Waals surface area contributed by atoms with Crippen LogP contribution in [0.5, 0.6) is 0 Å². The molecule has 0 radical (unpaired) electrons. The highest BCUT2D eigenvalue weighted by Gasteiger charge is 2.38. The summed E-state index contributed by atoms with van der Waals surface area (Å²) in [6.07, 6.45) is 0. The molecule has 0 amide bonds. The molecule has 1 rings (SSSR count). The Kier molecular flexibility index (Phi) is 6.13. The number of benzene rings is 1. The van der Waals surface area contributed by atoms with Gasteiger partial charge in [0.25, 0.3) is 0 Å². The van der Waals surface area contributed by atoms with E-state index in [0.717, 1.165) is 0 Å². The molecule has 0 unspecified atom stereocenters. The second kappa shape index (κ2) is 6.92. The molecule has 0 bridgehead atoms. The molecule has 0 aliphatic rings. The van der Waals surface area contributed by atoms with Crippen molar-refractivity contribution in [3.63, 3.8) is 0 Å². The fourth-order valence-electron chi connectivity index (χ4n) is 3.59. The van der Waals surface area contributed by atoms with Crippen LogP contribution >= 0.6 is 0 Å². The van der Waals surface area contributed by atoms with Crippen molar-refractivity contribution in [1.29, 1.82) is 0 Å². The van der Waals surface area contributed by atoms with Gasteiger partial charge in [-0.05, 0) is 23.0 Å². The van der Waals surface area contributed by atoms with Crippen LogP contribution in [0.15, 0.2) is 18.2 Å². The Balaban J connectivity index is 3.41. The third-order valence-electron chi connectivity index (χ3n) is 4.39. The maximum Gasteiger partial charge on any atom is 0.0663 e. The average molecular weight is 336 g/mol. The van der Waals surface area contributed by atoms with Crippen LogP contribution in [0.25, 0.3) is 0 Å². The first kappa shape index (κ1) is 19.5. The van der Waals surface area contributed by atoms with Crippen LogP contribution in [0.3, 0.4) is 0 Å². The van der Waals surface area contributed by atoms with Gasteiger partial charge in [0.1, 0.15) is 0 Å². The summed E-state index contributed by atoms with van der Waals surface area (Å²) in [5, 5.41) is 4.77. The quantitative estimate of drug-likeness (QED) is 0.587. The molecule has 0 fully saturated rings. The molecule has 3 heteroatoms. The predicted octanol–water partition coefficient (Wildman–Crippen LogP) is 6.47. The van der Waals surface area contributed by atoms with Gasteiger partial charge in [0.05, 0.1) is 16.1 Å². The van der Waals surface area contributed by atoms with E-state index in [0.29, 0.717) is 17.1 Å². The third kappa shape index (κ3) is 4.72. The van der Waals surface area contributed by atoms with Crippen molar-refractivity contribution in [2.24, 2.45) is 0 Å². The second-order valence-corrected chi connectivity index (χ2v) is 20.6. The van der Waals surface area contributed by atoms with Crippen molar-refractivity contribution in [2.45, 2.75) is 84.1 Å². The molecule has 1 aromatic carbocycles. The lowest BCUT2D eigenvalue weighted by Crippen LogP contribution is -2.58. The molecular weight excluding hydrogens is 298 g/mol. The van der Waals surface area contributed by atoms with E-state index in [9.17, 15) is 0 Å². The first-order valence-electron chi connectivity index (χ1n) is 8.75. The number of nitrogens with one attached hydrogen (secondary N) is 1. The number of hydrogen-bond acceptors (Lipinski definition) is 1. The minimum atomic E-state index is -1.27.